The molecule has 2 aliphatic rings. The molecule has 0 radical (unpaired) electrons. The third-order valence-corrected chi connectivity index (χ3v) is 4.80. The second-order valence-corrected chi connectivity index (χ2v) is 5.92. The van der Waals surface area contributed by atoms with E-state index in [1.807, 2.05) is 6.07 Å². The Balaban J connectivity index is 1.88. The van der Waals surface area contributed by atoms with Crippen molar-refractivity contribution in [3.8, 4) is 0 Å². The van der Waals surface area contributed by atoms with Crippen LogP contribution < -0.4 is 10.6 Å². The van der Waals surface area contributed by atoms with Crippen molar-refractivity contribution in [1.29, 1.82) is 0 Å². The number of hydrogen-bond acceptors (Lipinski definition) is 2. The third kappa shape index (κ3) is 2.48. The molecule has 2 unspecified atom stereocenters. The molecule has 19 heavy (non-hydrogen) atoms. The first-order chi connectivity index (χ1) is 9.29. The van der Waals surface area contributed by atoms with Gasteiger partial charge in [-0.1, -0.05) is 25.3 Å². The summed E-state index contributed by atoms with van der Waals surface area (Å²) in [5.41, 5.74) is 8.39. The summed E-state index contributed by atoms with van der Waals surface area (Å²) in [5, 5.41) is 0. The maximum absolute atomic E-state index is 13.5. The first-order valence-corrected chi connectivity index (χ1v) is 7.54. The summed E-state index contributed by atoms with van der Waals surface area (Å²) in [6.45, 7) is 1.78. The van der Waals surface area contributed by atoms with Gasteiger partial charge >= 0.3 is 0 Å². The summed E-state index contributed by atoms with van der Waals surface area (Å²) < 4.78 is 13.5. The maximum Gasteiger partial charge on any atom is 0.125 e. The van der Waals surface area contributed by atoms with Crippen molar-refractivity contribution in [2.75, 3.05) is 18.0 Å². The number of fused-ring (bicyclic) bond motifs is 1. The van der Waals surface area contributed by atoms with Crippen LogP contribution in [0.2, 0.25) is 0 Å². The molecule has 1 fully saturated rings. The molecule has 0 bridgehead atoms. The Hall–Kier alpha value is -1.09. The Labute approximate surface area is 114 Å². The Morgan fingerprint density at radius 3 is 2.89 bits per heavy atom. The smallest absolute Gasteiger partial charge is 0.125 e. The van der Waals surface area contributed by atoms with Crippen LogP contribution in [0.3, 0.4) is 0 Å². The zero-order valence-electron chi connectivity index (χ0n) is 11.4. The van der Waals surface area contributed by atoms with E-state index < -0.39 is 0 Å². The molecule has 1 aliphatic heterocycles. The Bertz CT molecular complexity index is 446. The molecule has 0 spiro atoms. The fraction of sp³-hybridized carbons (Fsp3) is 0.625. The molecule has 3 rings (SSSR count). The number of hydrogen-bond donors (Lipinski definition) is 1. The van der Waals surface area contributed by atoms with Gasteiger partial charge in [0.25, 0.3) is 0 Å². The predicted octanol–water partition coefficient (Wildman–Crippen LogP) is 3.10. The van der Waals surface area contributed by atoms with Crippen molar-refractivity contribution in [3.63, 3.8) is 0 Å². The fourth-order valence-corrected chi connectivity index (χ4v) is 3.77. The lowest BCUT2D eigenvalue weighted by Gasteiger charge is -2.35. The van der Waals surface area contributed by atoms with Crippen LogP contribution in [0.4, 0.5) is 10.1 Å². The molecule has 2 nitrogen and oxygen atoms in total. The van der Waals surface area contributed by atoms with Crippen molar-refractivity contribution in [2.45, 2.75) is 44.6 Å². The van der Waals surface area contributed by atoms with E-state index >= 15 is 0 Å². The third-order valence-electron chi connectivity index (χ3n) is 4.80. The molecular weight excluding hydrogens is 239 g/mol. The SMILES string of the molecule is NCC1CCCCCC1N1CCc2ccc(F)cc21. The number of halogens is 1. The highest BCUT2D eigenvalue weighted by Gasteiger charge is 2.32. The van der Waals surface area contributed by atoms with Crippen LogP contribution in [0.25, 0.3) is 0 Å². The predicted molar refractivity (Wildman–Crippen MR) is 76.9 cm³/mol. The number of rotatable bonds is 2. The number of anilines is 1. The van der Waals surface area contributed by atoms with Gasteiger partial charge < -0.3 is 10.6 Å². The van der Waals surface area contributed by atoms with E-state index in [0.717, 1.165) is 25.2 Å². The van der Waals surface area contributed by atoms with Crippen LogP contribution in [-0.4, -0.2) is 19.1 Å². The minimum absolute atomic E-state index is 0.122. The van der Waals surface area contributed by atoms with Crippen molar-refractivity contribution >= 4 is 5.69 Å². The van der Waals surface area contributed by atoms with Gasteiger partial charge in [0.2, 0.25) is 0 Å². The van der Waals surface area contributed by atoms with Crippen molar-refractivity contribution in [3.05, 3.63) is 29.6 Å². The molecule has 0 amide bonds. The van der Waals surface area contributed by atoms with Crippen molar-refractivity contribution in [1.82, 2.24) is 0 Å². The quantitative estimate of drug-likeness (QED) is 0.830. The van der Waals surface area contributed by atoms with Crippen LogP contribution in [0, 0.1) is 11.7 Å². The first kappa shape index (κ1) is 12.9. The molecule has 0 saturated heterocycles. The molecule has 1 aliphatic carbocycles. The van der Waals surface area contributed by atoms with E-state index in [9.17, 15) is 4.39 Å². The molecule has 1 aromatic carbocycles. The highest BCUT2D eigenvalue weighted by Crippen LogP contribution is 2.36. The minimum Gasteiger partial charge on any atom is -0.368 e. The van der Waals surface area contributed by atoms with Gasteiger partial charge in [0, 0.05) is 18.3 Å². The van der Waals surface area contributed by atoms with Gasteiger partial charge in [0.1, 0.15) is 5.82 Å². The summed E-state index contributed by atoms with van der Waals surface area (Å²) in [5.74, 6) is 0.445. The van der Waals surface area contributed by atoms with Gasteiger partial charge in [-0.15, -0.1) is 0 Å². The number of benzene rings is 1. The molecular formula is C16H23FN2. The lowest BCUT2D eigenvalue weighted by atomic mass is 9.93. The van der Waals surface area contributed by atoms with Gasteiger partial charge in [-0.2, -0.15) is 0 Å². The number of nitrogens with two attached hydrogens (primary N) is 1. The van der Waals surface area contributed by atoms with Crippen LogP contribution >= 0.6 is 0 Å². The summed E-state index contributed by atoms with van der Waals surface area (Å²) >= 11 is 0. The topological polar surface area (TPSA) is 29.3 Å². The summed E-state index contributed by atoms with van der Waals surface area (Å²) in [7, 11) is 0. The van der Waals surface area contributed by atoms with Crippen LogP contribution in [0.1, 0.15) is 37.7 Å². The van der Waals surface area contributed by atoms with E-state index in [1.54, 1.807) is 12.1 Å². The minimum atomic E-state index is -0.122. The van der Waals surface area contributed by atoms with E-state index in [4.69, 9.17) is 5.73 Å². The zero-order chi connectivity index (χ0) is 13.2. The lowest BCUT2D eigenvalue weighted by molar-refractivity contribution is 0.386. The van der Waals surface area contributed by atoms with E-state index in [-0.39, 0.29) is 5.82 Å². The molecule has 3 heteroatoms. The summed E-state index contributed by atoms with van der Waals surface area (Å²) in [6, 6.07) is 5.74. The standard InChI is InChI=1S/C16H23FN2/c17-14-7-6-12-8-9-19(16(12)10-14)15-5-3-1-2-4-13(15)11-18/h6-7,10,13,15H,1-5,8-9,11,18H2. The second kappa shape index (κ2) is 5.49. The Morgan fingerprint density at radius 2 is 2.05 bits per heavy atom. The molecule has 2 atom stereocenters. The summed E-state index contributed by atoms with van der Waals surface area (Å²) in [6.07, 6.45) is 7.37. The van der Waals surface area contributed by atoms with Gasteiger partial charge in [-0.3, -0.25) is 0 Å². The van der Waals surface area contributed by atoms with E-state index in [2.05, 4.69) is 4.90 Å². The highest BCUT2D eigenvalue weighted by atomic mass is 19.1. The van der Waals surface area contributed by atoms with E-state index in [1.165, 1.54) is 37.7 Å². The highest BCUT2D eigenvalue weighted by molar-refractivity contribution is 5.59. The monoisotopic (exact) mass is 262 g/mol. The molecule has 1 heterocycles. The molecule has 1 aromatic rings. The van der Waals surface area contributed by atoms with Gasteiger partial charge in [-0.25, -0.2) is 4.39 Å². The normalized spacial score (nSPS) is 27.2. The fourth-order valence-electron chi connectivity index (χ4n) is 3.77. The second-order valence-electron chi connectivity index (χ2n) is 5.92. The molecule has 2 N–H and O–H groups in total. The molecule has 1 saturated carbocycles. The number of nitrogens with zero attached hydrogens (tertiary/aromatic N) is 1. The summed E-state index contributed by atoms with van der Waals surface area (Å²) in [4.78, 5) is 2.43. The largest absolute Gasteiger partial charge is 0.368 e. The van der Waals surface area contributed by atoms with Gasteiger partial charge in [0.05, 0.1) is 0 Å². The van der Waals surface area contributed by atoms with Crippen LogP contribution in [-0.2, 0) is 6.42 Å². The molecule has 0 aromatic heterocycles. The van der Waals surface area contributed by atoms with E-state index in [0.29, 0.717) is 12.0 Å². The van der Waals surface area contributed by atoms with Crippen LogP contribution in [0.5, 0.6) is 0 Å². The average Bonchev–Trinajstić information content (AvgIpc) is 2.68. The zero-order valence-corrected chi connectivity index (χ0v) is 11.4. The molecule has 104 valence electrons. The Kier molecular flexibility index (Phi) is 3.74. The Morgan fingerprint density at radius 1 is 1.21 bits per heavy atom. The van der Waals surface area contributed by atoms with Gasteiger partial charge in [0.15, 0.2) is 0 Å². The lowest BCUT2D eigenvalue weighted by Crippen LogP contribution is -2.42. The van der Waals surface area contributed by atoms with Crippen molar-refractivity contribution < 1.29 is 4.39 Å². The first-order valence-electron chi connectivity index (χ1n) is 7.54. The van der Waals surface area contributed by atoms with Crippen molar-refractivity contribution in [2.24, 2.45) is 11.7 Å². The maximum atomic E-state index is 13.5. The van der Waals surface area contributed by atoms with Crippen LogP contribution in [0.15, 0.2) is 18.2 Å². The van der Waals surface area contributed by atoms with Gasteiger partial charge in [-0.05, 0) is 49.4 Å². The average molecular weight is 262 g/mol.